The number of para-hydroxylation sites is 1. The molecule has 32 heavy (non-hydrogen) atoms. The van der Waals surface area contributed by atoms with Crippen LogP contribution in [0.3, 0.4) is 0 Å². The van der Waals surface area contributed by atoms with Gasteiger partial charge in [-0.1, -0.05) is 17.3 Å². The summed E-state index contributed by atoms with van der Waals surface area (Å²) in [5.74, 6) is 2.01. The predicted octanol–water partition coefficient (Wildman–Crippen LogP) is 1.66. The van der Waals surface area contributed by atoms with E-state index in [1.807, 2.05) is 35.0 Å². The third-order valence-corrected chi connectivity index (χ3v) is 5.91. The second kappa shape index (κ2) is 8.56. The highest BCUT2D eigenvalue weighted by Crippen LogP contribution is 2.31. The van der Waals surface area contributed by atoms with E-state index in [9.17, 15) is 5.11 Å². The van der Waals surface area contributed by atoms with Crippen molar-refractivity contribution in [3.05, 3.63) is 48.3 Å². The summed E-state index contributed by atoms with van der Waals surface area (Å²) in [6.45, 7) is 5.11. The van der Waals surface area contributed by atoms with Gasteiger partial charge in [-0.2, -0.15) is 0 Å². The molecular weight excluding hydrogens is 408 g/mol. The molecule has 0 bridgehead atoms. The fourth-order valence-electron chi connectivity index (χ4n) is 3.99. The Morgan fingerprint density at radius 2 is 1.81 bits per heavy atom. The topological polar surface area (TPSA) is 97.4 Å². The Hall–Kier alpha value is -3.50. The molecule has 2 aromatic heterocycles. The Kier molecular flexibility index (Phi) is 5.46. The first-order valence-corrected chi connectivity index (χ1v) is 10.6. The van der Waals surface area contributed by atoms with Gasteiger partial charge < -0.3 is 14.7 Å². The number of nitrogens with zero attached hydrogens (tertiary/aromatic N) is 8. The molecule has 10 nitrogen and oxygen atoms in total. The zero-order chi connectivity index (χ0) is 22.1. The van der Waals surface area contributed by atoms with Crippen molar-refractivity contribution in [2.24, 2.45) is 0 Å². The molecule has 2 aromatic carbocycles. The lowest BCUT2D eigenvalue weighted by Crippen LogP contribution is -2.45. The molecular formula is C22H26N8O2. The number of phenolic OH excluding ortho intramolecular Hbond substituents is 1. The largest absolute Gasteiger partial charge is 0.504 e. The summed E-state index contributed by atoms with van der Waals surface area (Å²) in [7, 11) is 3.68. The van der Waals surface area contributed by atoms with Crippen LogP contribution >= 0.6 is 0 Å². The normalized spacial score (nSPS) is 15.4. The lowest BCUT2D eigenvalue weighted by molar-refractivity contribution is 0.124. The molecule has 0 amide bonds. The molecule has 1 saturated heterocycles. The van der Waals surface area contributed by atoms with E-state index >= 15 is 0 Å². The number of hydrogen-bond donors (Lipinski definition) is 1. The lowest BCUT2D eigenvalue weighted by Gasteiger charge is -2.33. The van der Waals surface area contributed by atoms with Gasteiger partial charge in [0, 0.05) is 31.7 Å². The minimum Gasteiger partial charge on any atom is -0.504 e. The number of ether oxygens (including phenoxy) is 1. The summed E-state index contributed by atoms with van der Waals surface area (Å²) in [5.41, 5.74) is 2.63. The van der Waals surface area contributed by atoms with Crippen LogP contribution < -0.4 is 4.74 Å². The fraction of sp³-hybridized carbons (Fsp3) is 0.364. The van der Waals surface area contributed by atoms with E-state index in [1.54, 1.807) is 12.1 Å². The Bertz CT molecular complexity index is 1230. The molecule has 0 unspecified atom stereocenters. The molecule has 0 saturated carbocycles. The van der Waals surface area contributed by atoms with E-state index in [1.165, 1.54) is 7.11 Å². The van der Waals surface area contributed by atoms with Crippen LogP contribution in [-0.4, -0.2) is 85.0 Å². The van der Waals surface area contributed by atoms with Gasteiger partial charge in [0.05, 0.1) is 19.3 Å². The van der Waals surface area contributed by atoms with E-state index in [-0.39, 0.29) is 5.75 Å². The van der Waals surface area contributed by atoms with Gasteiger partial charge in [-0.15, -0.1) is 15.3 Å². The first-order chi connectivity index (χ1) is 15.6. The van der Waals surface area contributed by atoms with E-state index < -0.39 is 0 Å². The van der Waals surface area contributed by atoms with Gasteiger partial charge in [-0.25, -0.2) is 4.68 Å². The van der Waals surface area contributed by atoms with Crippen LogP contribution in [0.2, 0.25) is 0 Å². The van der Waals surface area contributed by atoms with Gasteiger partial charge in [0.2, 0.25) is 0 Å². The standard InChI is InChI=1S/C22H26N8O2/c1-27-9-11-28(12-10-27)15-29-21(14-30-18-6-4-3-5-17(18)23-26-30)24-25-22(29)16-7-8-19(31)20(13-16)32-2/h3-8,13,31H,9-12,14-15H2,1-2H3. The van der Waals surface area contributed by atoms with E-state index in [2.05, 4.69) is 41.9 Å². The fourth-order valence-corrected chi connectivity index (χ4v) is 3.99. The molecule has 1 aliphatic heterocycles. The number of phenols is 1. The third-order valence-electron chi connectivity index (χ3n) is 5.91. The zero-order valence-electron chi connectivity index (χ0n) is 18.2. The van der Waals surface area contributed by atoms with Crippen molar-refractivity contribution in [1.29, 1.82) is 0 Å². The molecule has 0 aliphatic carbocycles. The van der Waals surface area contributed by atoms with Gasteiger partial charge >= 0.3 is 0 Å². The highest BCUT2D eigenvalue weighted by atomic mass is 16.5. The van der Waals surface area contributed by atoms with Crippen molar-refractivity contribution in [1.82, 2.24) is 39.6 Å². The van der Waals surface area contributed by atoms with Crippen LogP contribution in [0.1, 0.15) is 5.82 Å². The molecule has 1 fully saturated rings. The van der Waals surface area contributed by atoms with Crippen LogP contribution in [0.5, 0.6) is 11.5 Å². The van der Waals surface area contributed by atoms with Crippen molar-refractivity contribution >= 4 is 11.0 Å². The average Bonchev–Trinajstić information content (AvgIpc) is 3.40. The molecule has 166 valence electrons. The van der Waals surface area contributed by atoms with E-state index in [0.29, 0.717) is 19.0 Å². The molecule has 1 aliphatic rings. The van der Waals surface area contributed by atoms with Crippen LogP contribution in [0.25, 0.3) is 22.4 Å². The number of methoxy groups -OCH3 is 1. The van der Waals surface area contributed by atoms with Crippen LogP contribution in [0.4, 0.5) is 0 Å². The maximum atomic E-state index is 10.0. The zero-order valence-corrected chi connectivity index (χ0v) is 18.2. The molecule has 10 heteroatoms. The molecule has 0 spiro atoms. The first-order valence-electron chi connectivity index (χ1n) is 10.6. The molecule has 0 radical (unpaired) electrons. The number of fused-ring (bicyclic) bond motifs is 1. The summed E-state index contributed by atoms with van der Waals surface area (Å²) in [5, 5.41) is 27.6. The maximum absolute atomic E-state index is 10.0. The Balaban J connectivity index is 1.53. The van der Waals surface area contributed by atoms with Crippen LogP contribution in [0, 0.1) is 0 Å². The molecule has 0 atom stereocenters. The maximum Gasteiger partial charge on any atom is 0.165 e. The Labute approximate surface area is 185 Å². The summed E-state index contributed by atoms with van der Waals surface area (Å²) in [6.07, 6.45) is 0. The quantitative estimate of drug-likeness (QED) is 0.489. The van der Waals surface area contributed by atoms with E-state index in [4.69, 9.17) is 4.74 Å². The molecule has 4 aromatic rings. The summed E-state index contributed by atoms with van der Waals surface area (Å²) < 4.78 is 9.27. The number of likely N-dealkylation sites (N-methyl/N-ethyl adjacent to an activating group) is 1. The minimum atomic E-state index is 0.0932. The Morgan fingerprint density at radius 3 is 2.62 bits per heavy atom. The second-order valence-electron chi connectivity index (χ2n) is 8.05. The van der Waals surface area contributed by atoms with Gasteiger partial charge in [-0.3, -0.25) is 9.47 Å². The number of hydrogen-bond acceptors (Lipinski definition) is 8. The number of rotatable bonds is 6. The van der Waals surface area contributed by atoms with Crippen molar-refractivity contribution in [2.75, 3.05) is 40.3 Å². The van der Waals surface area contributed by atoms with Crippen molar-refractivity contribution < 1.29 is 9.84 Å². The van der Waals surface area contributed by atoms with Crippen LogP contribution in [-0.2, 0) is 13.2 Å². The monoisotopic (exact) mass is 434 g/mol. The first kappa shape index (κ1) is 20.4. The third kappa shape index (κ3) is 3.90. The minimum absolute atomic E-state index is 0.0932. The highest BCUT2D eigenvalue weighted by molar-refractivity contribution is 5.73. The summed E-state index contributed by atoms with van der Waals surface area (Å²) in [4.78, 5) is 4.73. The summed E-state index contributed by atoms with van der Waals surface area (Å²) in [6, 6.07) is 13.1. The van der Waals surface area contributed by atoms with Crippen molar-refractivity contribution in [3.63, 3.8) is 0 Å². The van der Waals surface area contributed by atoms with Crippen LogP contribution in [0.15, 0.2) is 42.5 Å². The number of piperazine rings is 1. The smallest absolute Gasteiger partial charge is 0.165 e. The average molecular weight is 435 g/mol. The van der Waals surface area contributed by atoms with Gasteiger partial charge in [0.1, 0.15) is 12.1 Å². The van der Waals surface area contributed by atoms with E-state index in [0.717, 1.165) is 54.4 Å². The number of benzene rings is 2. The SMILES string of the molecule is COc1cc(-c2nnc(Cn3nnc4ccccc43)n2CN2CCN(C)CC2)ccc1O. The van der Waals surface area contributed by atoms with Gasteiger partial charge in [0.15, 0.2) is 23.1 Å². The number of aromatic hydroxyl groups is 1. The molecule has 5 rings (SSSR count). The van der Waals surface area contributed by atoms with Gasteiger partial charge in [0.25, 0.3) is 0 Å². The van der Waals surface area contributed by atoms with Crippen molar-refractivity contribution in [2.45, 2.75) is 13.2 Å². The second-order valence-corrected chi connectivity index (χ2v) is 8.05. The van der Waals surface area contributed by atoms with Crippen molar-refractivity contribution in [3.8, 4) is 22.9 Å². The lowest BCUT2D eigenvalue weighted by atomic mass is 10.2. The molecule has 1 N–H and O–H groups in total. The highest BCUT2D eigenvalue weighted by Gasteiger charge is 2.21. The summed E-state index contributed by atoms with van der Waals surface area (Å²) >= 11 is 0. The molecule has 3 heterocycles. The number of aromatic nitrogens is 6. The van der Waals surface area contributed by atoms with Gasteiger partial charge in [-0.05, 0) is 37.4 Å². The Morgan fingerprint density at radius 1 is 1.00 bits per heavy atom. The predicted molar refractivity (Wildman–Crippen MR) is 119 cm³/mol.